The van der Waals surface area contributed by atoms with Crippen molar-refractivity contribution >= 4 is 34.3 Å². The smallest absolute Gasteiger partial charge is 0.323 e. The minimum Gasteiger partial charge on any atom is -0.358 e. The number of nitrogens with zero attached hydrogens (tertiary/aromatic N) is 4. The Morgan fingerprint density at radius 1 is 1.15 bits per heavy atom. The van der Waals surface area contributed by atoms with Gasteiger partial charge in [0.1, 0.15) is 11.9 Å². The van der Waals surface area contributed by atoms with E-state index in [4.69, 9.17) is 18.2 Å². The van der Waals surface area contributed by atoms with Crippen LogP contribution in [-0.2, 0) is 6.42 Å². The van der Waals surface area contributed by atoms with Crippen molar-refractivity contribution in [2.24, 2.45) is 0 Å². The molecule has 2 aromatic heterocycles. The Bertz CT molecular complexity index is 1480. The van der Waals surface area contributed by atoms with E-state index >= 15 is 4.39 Å². The average molecular weight is 472 g/mol. The van der Waals surface area contributed by atoms with Gasteiger partial charge >= 0.3 is 11.8 Å². The molecule has 0 aliphatic carbocycles. The molecule has 0 fully saturated rings. The molecule has 5 rings (SSSR count). The minimum atomic E-state index is -1.05. The van der Waals surface area contributed by atoms with Crippen molar-refractivity contribution in [3.8, 4) is 0 Å². The summed E-state index contributed by atoms with van der Waals surface area (Å²) in [7, 11) is 0. The number of hydrogen-bond donors (Lipinski definition) is 1. The van der Waals surface area contributed by atoms with Crippen LogP contribution in [0.5, 0.6) is 0 Å². The molecule has 0 radical (unpaired) electrons. The van der Waals surface area contributed by atoms with E-state index in [9.17, 15) is 13.2 Å². The first-order valence-electron chi connectivity index (χ1n) is 9.90. The summed E-state index contributed by atoms with van der Waals surface area (Å²) in [4.78, 5) is 15.7. The largest absolute Gasteiger partial charge is 0.358 e. The lowest BCUT2D eigenvalue weighted by Gasteiger charge is -2.35. The monoisotopic (exact) mass is 471 g/mol. The fourth-order valence-corrected chi connectivity index (χ4v) is 4.43. The molecule has 0 saturated carbocycles. The first-order valence-corrected chi connectivity index (χ1v) is 10.3. The van der Waals surface area contributed by atoms with E-state index in [0.29, 0.717) is 23.0 Å². The number of aryl methyl sites for hydroxylation is 1. The highest BCUT2D eigenvalue weighted by Crippen LogP contribution is 2.42. The molecule has 0 bridgehead atoms. The van der Waals surface area contributed by atoms with E-state index in [2.05, 4.69) is 19.8 Å². The van der Waals surface area contributed by atoms with Gasteiger partial charge in [-0.05, 0) is 36.6 Å². The van der Waals surface area contributed by atoms with E-state index in [-0.39, 0.29) is 28.6 Å². The summed E-state index contributed by atoms with van der Waals surface area (Å²) in [6.07, 6.45) is 1.28. The second kappa shape index (κ2) is 7.74. The molecule has 1 atom stereocenters. The molecule has 5 nitrogen and oxygen atoms in total. The Kier molecular flexibility index (Phi) is 4.98. The van der Waals surface area contributed by atoms with Crippen molar-refractivity contribution in [3.63, 3.8) is 0 Å². The van der Waals surface area contributed by atoms with Crippen LogP contribution in [0.2, 0.25) is 5.02 Å². The van der Waals surface area contributed by atoms with Gasteiger partial charge in [0.15, 0.2) is 17.5 Å². The van der Waals surface area contributed by atoms with Crippen LogP contribution in [0.25, 0.3) is 15.7 Å². The zero-order valence-corrected chi connectivity index (χ0v) is 17.8. The molecule has 1 aliphatic rings. The van der Waals surface area contributed by atoms with E-state index in [1.165, 1.54) is 31.2 Å². The van der Waals surface area contributed by atoms with Gasteiger partial charge in [0.2, 0.25) is 0 Å². The first-order chi connectivity index (χ1) is 15.8. The van der Waals surface area contributed by atoms with Gasteiger partial charge in [-0.15, -0.1) is 0 Å². The van der Waals surface area contributed by atoms with Gasteiger partial charge in [-0.2, -0.15) is 4.98 Å². The number of benzene rings is 2. The maximum Gasteiger partial charge on any atom is 0.323 e. The van der Waals surface area contributed by atoms with Crippen LogP contribution in [0, 0.1) is 36.8 Å². The molecular formula is C23H14ClF4N5. The SMILES string of the molecule is [C-]#[N+]c1nc(N2CCc3c([nH]c4cc(F)c(Cl)cc34)C2c2ccc(C)c(F)c2F)ncc1F. The van der Waals surface area contributed by atoms with Gasteiger partial charge in [-0.1, -0.05) is 35.3 Å². The van der Waals surface area contributed by atoms with Crippen LogP contribution in [-0.4, -0.2) is 21.5 Å². The molecule has 1 aliphatic heterocycles. The Morgan fingerprint density at radius 2 is 1.94 bits per heavy atom. The molecule has 0 saturated heterocycles. The topological polar surface area (TPSA) is 49.2 Å². The fraction of sp³-hybridized carbons (Fsp3) is 0.174. The summed E-state index contributed by atoms with van der Waals surface area (Å²) in [5, 5.41) is 0.607. The molecule has 1 unspecified atom stereocenters. The van der Waals surface area contributed by atoms with Crippen LogP contribution in [0.3, 0.4) is 0 Å². The third-order valence-corrected chi connectivity index (χ3v) is 6.13. The number of rotatable bonds is 2. The first kappa shape index (κ1) is 21.2. The number of anilines is 1. The van der Waals surface area contributed by atoms with Gasteiger partial charge in [-0.3, -0.25) is 0 Å². The predicted molar refractivity (Wildman–Crippen MR) is 116 cm³/mol. The average Bonchev–Trinajstić information content (AvgIpc) is 3.15. The second-order valence-electron chi connectivity index (χ2n) is 7.73. The van der Waals surface area contributed by atoms with Crippen LogP contribution in [0.4, 0.5) is 29.3 Å². The quantitative estimate of drug-likeness (QED) is 0.280. The van der Waals surface area contributed by atoms with Gasteiger partial charge in [0, 0.05) is 28.7 Å². The van der Waals surface area contributed by atoms with Gasteiger partial charge in [0.25, 0.3) is 0 Å². The number of hydrogen-bond acceptors (Lipinski definition) is 3. The summed E-state index contributed by atoms with van der Waals surface area (Å²) < 4.78 is 57.7. The molecule has 33 heavy (non-hydrogen) atoms. The number of halogens is 5. The summed E-state index contributed by atoms with van der Waals surface area (Å²) >= 11 is 5.98. The van der Waals surface area contributed by atoms with Crippen molar-refractivity contribution in [2.75, 3.05) is 11.4 Å². The molecule has 1 N–H and O–H groups in total. The molecular weight excluding hydrogens is 458 g/mol. The highest BCUT2D eigenvalue weighted by Gasteiger charge is 2.37. The van der Waals surface area contributed by atoms with Gasteiger partial charge in [0.05, 0.1) is 11.2 Å². The lowest BCUT2D eigenvalue weighted by molar-refractivity contribution is 0.480. The molecule has 3 heterocycles. The van der Waals surface area contributed by atoms with E-state index in [0.717, 1.165) is 11.8 Å². The maximum atomic E-state index is 15.2. The second-order valence-corrected chi connectivity index (χ2v) is 8.14. The predicted octanol–water partition coefficient (Wildman–Crippen LogP) is 6.18. The Balaban J connectivity index is 1.77. The lowest BCUT2D eigenvalue weighted by atomic mass is 9.91. The van der Waals surface area contributed by atoms with E-state index < -0.39 is 35.1 Å². The number of aromatic nitrogens is 3. The van der Waals surface area contributed by atoms with Crippen molar-refractivity contribution in [1.82, 2.24) is 15.0 Å². The minimum absolute atomic E-state index is 0.00513. The summed E-state index contributed by atoms with van der Waals surface area (Å²) in [5.41, 5.74) is 1.83. The van der Waals surface area contributed by atoms with Crippen molar-refractivity contribution in [3.05, 3.63) is 92.6 Å². The van der Waals surface area contributed by atoms with E-state index in [1.807, 2.05) is 0 Å². The number of aromatic amines is 1. The molecule has 0 amide bonds. The molecule has 4 aromatic rings. The number of H-pyrrole nitrogens is 1. The summed E-state index contributed by atoms with van der Waals surface area (Å²) in [6.45, 7) is 8.84. The standard InChI is InChI=1S/C23H14ClF4N5/c1-10-3-4-12(19(28)18(10)27)21-20-11(13-7-14(24)15(25)8-17(13)31-20)5-6-33(21)23-30-9-16(26)22(29-2)32-23/h3-4,7-9,21,31H,5-6H2,1H3. The van der Waals surface area contributed by atoms with Crippen LogP contribution >= 0.6 is 11.6 Å². The van der Waals surface area contributed by atoms with Gasteiger partial charge < -0.3 is 14.7 Å². The van der Waals surface area contributed by atoms with E-state index in [1.54, 1.807) is 4.90 Å². The third-order valence-electron chi connectivity index (χ3n) is 5.84. The third kappa shape index (κ3) is 3.29. The van der Waals surface area contributed by atoms with Crippen LogP contribution in [0.1, 0.15) is 28.4 Å². The Labute approximate surface area is 190 Å². The van der Waals surface area contributed by atoms with Crippen molar-refractivity contribution < 1.29 is 17.6 Å². The Morgan fingerprint density at radius 3 is 2.70 bits per heavy atom. The van der Waals surface area contributed by atoms with Crippen molar-refractivity contribution in [1.29, 1.82) is 0 Å². The van der Waals surface area contributed by atoms with Crippen molar-refractivity contribution in [2.45, 2.75) is 19.4 Å². The summed E-state index contributed by atoms with van der Waals surface area (Å²) in [5.74, 6) is -4.04. The Hall–Kier alpha value is -3.64. The molecule has 2 aromatic carbocycles. The number of nitrogens with one attached hydrogen (secondary N) is 1. The summed E-state index contributed by atoms with van der Waals surface area (Å²) in [6, 6.07) is 4.71. The highest BCUT2D eigenvalue weighted by atomic mass is 35.5. The van der Waals surface area contributed by atoms with Crippen LogP contribution < -0.4 is 4.90 Å². The maximum absolute atomic E-state index is 15.2. The molecule has 10 heteroatoms. The normalized spacial score (nSPS) is 15.5. The molecule has 166 valence electrons. The molecule has 0 spiro atoms. The lowest BCUT2D eigenvalue weighted by Crippen LogP contribution is -2.38. The van der Waals surface area contributed by atoms with Crippen LogP contribution in [0.15, 0.2) is 30.5 Å². The number of fused-ring (bicyclic) bond motifs is 3. The fourth-order valence-electron chi connectivity index (χ4n) is 4.26. The zero-order valence-electron chi connectivity index (χ0n) is 17.1. The van der Waals surface area contributed by atoms with Gasteiger partial charge in [-0.25, -0.2) is 17.6 Å². The highest BCUT2D eigenvalue weighted by molar-refractivity contribution is 6.31. The zero-order chi connectivity index (χ0) is 23.4.